The van der Waals surface area contributed by atoms with Gasteiger partial charge < -0.3 is 0 Å². The lowest BCUT2D eigenvalue weighted by Gasteiger charge is -2.03. The van der Waals surface area contributed by atoms with Crippen LogP contribution in [-0.4, -0.2) is 12.2 Å². The SMILES string of the molecule is Cc1c(F)cccc1C(=O)C(F)F. The first-order valence-corrected chi connectivity index (χ1v) is 3.61. The van der Waals surface area contributed by atoms with Gasteiger partial charge in [-0.3, -0.25) is 4.79 Å². The Kier molecular flexibility index (Phi) is 2.70. The van der Waals surface area contributed by atoms with Gasteiger partial charge in [0.25, 0.3) is 0 Å². The average Bonchev–Trinajstić information content (AvgIpc) is 2.08. The number of ketones is 1. The van der Waals surface area contributed by atoms with Crippen molar-refractivity contribution in [3.63, 3.8) is 0 Å². The molecule has 4 heteroatoms. The summed E-state index contributed by atoms with van der Waals surface area (Å²) in [4.78, 5) is 10.8. The first kappa shape index (κ1) is 9.77. The summed E-state index contributed by atoms with van der Waals surface area (Å²) in [5.74, 6) is -1.98. The van der Waals surface area contributed by atoms with E-state index in [1.807, 2.05) is 0 Å². The minimum Gasteiger partial charge on any atom is -0.288 e. The summed E-state index contributed by atoms with van der Waals surface area (Å²) in [7, 11) is 0. The highest BCUT2D eigenvalue weighted by Crippen LogP contribution is 2.15. The molecular formula is C9H7F3O. The van der Waals surface area contributed by atoms with Gasteiger partial charge in [0.15, 0.2) is 0 Å². The van der Waals surface area contributed by atoms with Gasteiger partial charge in [-0.05, 0) is 18.6 Å². The normalized spacial score (nSPS) is 10.5. The minimum atomic E-state index is -3.08. The van der Waals surface area contributed by atoms with Gasteiger partial charge in [0.05, 0.1) is 0 Å². The fourth-order valence-electron chi connectivity index (χ4n) is 0.992. The van der Waals surface area contributed by atoms with Gasteiger partial charge in [0.1, 0.15) is 5.82 Å². The summed E-state index contributed by atoms with van der Waals surface area (Å²) in [6.45, 7) is 1.30. The summed E-state index contributed by atoms with van der Waals surface area (Å²) >= 11 is 0. The van der Waals surface area contributed by atoms with Gasteiger partial charge in [-0.25, -0.2) is 13.2 Å². The van der Waals surface area contributed by atoms with Crippen LogP contribution in [0.5, 0.6) is 0 Å². The molecule has 0 heterocycles. The molecule has 0 aliphatic heterocycles. The largest absolute Gasteiger partial charge is 0.300 e. The lowest BCUT2D eigenvalue weighted by atomic mass is 10.0. The summed E-state index contributed by atoms with van der Waals surface area (Å²) in [6, 6.07) is 3.54. The van der Waals surface area contributed by atoms with Crippen molar-refractivity contribution in [2.45, 2.75) is 13.3 Å². The van der Waals surface area contributed by atoms with Crippen LogP contribution in [0.4, 0.5) is 13.2 Å². The molecule has 1 rings (SSSR count). The second-order valence-electron chi connectivity index (χ2n) is 2.58. The van der Waals surface area contributed by atoms with E-state index in [4.69, 9.17) is 0 Å². The third-order valence-electron chi connectivity index (χ3n) is 1.73. The smallest absolute Gasteiger partial charge is 0.288 e. The van der Waals surface area contributed by atoms with E-state index in [2.05, 4.69) is 0 Å². The van der Waals surface area contributed by atoms with Crippen LogP contribution in [0.2, 0.25) is 0 Å². The van der Waals surface area contributed by atoms with E-state index in [1.165, 1.54) is 19.1 Å². The molecule has 0 atom stereocenters. The number of rotatable bonds is 2. The number of hydrogen-bond acceptors (Lipinski definition) is 1. The van der Waals surface area contributed by atoms with Crippen LogP contribution < -0.4 is 0 Å². The van der Waals surface area contributed by atoms with Gasteiger partial charge >= 0.3 is 6.43 Å². The summed E-state index contributed by atoms with van der Waals surface area (Å²) in [6.07, 6.45) is -3.08. The van der Waals surface area contributed by atoms with E-state index in [0.717, 1.165) is 6.07 Å². The molecule has 0 aliphatic rings. The highest BCUT2D eigenvalue weighted by atomic mass is 19.3. The molecule has 1 aromatic rings. The van der Waals surface area contributed by atoms with Gasteiger partial charge in [-0.2, -0.15) is 0 Å². The summed E-state index contributed by atoms with van der Waals surface area (Å²) < 4.78 is 36.7. The fraction of sp³-hybridized carbons (Fsp3) is 0.222. The van der Waals surface area contributed by atoms with Crippen LogP contribution in [0.25, 0.3) is 0 Å². The van der Waals surface area contributed by atoms with Crippen molar-refractivity contribution in [3.8, 4) is 0 Å². The Balaban J connectivity index is 3.15. The third kappa shape index (κ3) is 1.88. The quantitative estimate of drug-likeness (QED) is 0.652. The molecule has 0 N–H and O–H groups in total. The maximum atomic E-state index is 12.8. The molecule has 13 heavy (non-hydrogen) atoms. The Morgan fingerprint density at radius 2 is 2.00 bits per heavy atom. The maximum absolute atomic E-state index is 12.8. The zero-order valence-corrected chi connectivity index (χ0v) is 6.85. The molecule has 0 bridgehead atoms. The molecule has 0 amide bonds. The number of hydrogen-bond donors (Lipinski definition) is 0. The molecule has 0 saturated heterocycles. The number of benzene rings is 1. The van der Waals surface area contributed by atoms with Crippen molar-refractivity contribution in [1.82, 2.24) is 0 Å². The fourth-order valence-corrected chi connectivity index (χ4v) is 0.992. The molecule has 70 valence electrons. The van der Waals surface area contributed by atoms with E-state index >= 15 is 0 Å². The first-order valence-electron chi connectivity index (χ1n) is 3.61. The standard InChI is InChI=1S/C9H7F3O/c1-5-6(8(13)9(11)12)3-2-4-7(5)10/h2-4,9H,1H3. The average molecular weight is 188 g/mol. The Morgan fingerprint density at radius 3 is 2.54 bits per heavy atom. The Hall–Kier alpha value is -1.32. The van der Waals surface area contributed by atoms with E-state index in [-0.39, 0.29) is 11.1 Å². The molecule has 0 aliphatic carbocycles. The predicted octanol–water partition coefficient (Wildman–Crippen LogP) is 2.58. The maximum Gasteiger partial charge on any atom is 0.300 e. The number of carbonyl (C=O) groups is 1. The van der Waals surface area contributed by atoms with Gasteiger partial charge in [0, 0.05) is 5.56 Å². The van der Waals surface area contributed by atoms with Crippen LogP contribution in [0.15, 0.2) is 18.2 Å². The molecule has 0 spiro atoms. The monoisotopic (exact) mass is 188 g/mol. The molecule has 0 unspecified atom stereocenters. The predicted molar refractivity (Wildman–Crippen MR) is 41.5 cm³/mol. The van der Waals surface area contributed by atoms with Crippen LogP contribution in [0, 0.1) is 12.7 Å². The van der Waals surface area contributed by atoms with Crippen molar-refractivity contribution < 1.29 is 18.0 Å². The number of Topliss-reactive ketones (excluding diaryl/α,β-unsaturated/α-hetero) is 1. The van der Waals surface area contributed by atoms with Crippen LogP contribution >= 0.6 is 0 Å². The summed E-state index contributed by atoms with van der Waals surface area (Å²) in [5.41, 5.74) is -0.289. The topological polar surface area (TPSA) is 17.1 Å². The lowest BCUT2D eigenvalue weighted by Crippen LogP contribution is -2.12. The molecule has 0 radical (unpaired) electrons. The molecule has 0 aromatic heterocycles. The van der Waals surface area contributed by atoms with E-state index in [9.17, 15) is 18.0 Å². The number of halogens is 3. The zero-order chi connectivity index (χ0) is 10.0. The highest BCUT2D eigenvalue weighted by molar-refractivity contribution is 5.99. The van der Waals surface area contributed by atoms with Crippen LogP contribution in [-0.2, 0) is 0 Å². The first-order chi connectivity index (χ1) is 6.04. The molecule has 1 nitrogen and oxygen atoms in total. The Labute approximate surface area is 73.2 Å². The Morgan fingerprint density at radius 1 is 1.38 bits per heavy atom. The van der Waals surface area contributed by atoms with Crippen molar-refractivity contribution in [2.75, 3.05) is 0 Å². The van der Waals surface area contributed by atoms with E-state index < -0.39 is 18.0 Å². The number of alkyl halides is 2. The Bertz CT molecular complexity index is 334. The molecule has 1 aromatic carbocycles. The molecule has 0 fully saturated rings. The molecule has 0 saturated carbocycles. The van der Waals surface area contributed by atoms with Crippen molar-refractivity contribution in [3.05, 3.63) is 35.1 Å². The van der Waals surface area contributed by atoms with Gasteiger partial charge in [-0.15, -0.1) is 0 Å². The van der Waals surface area contributed by atoms with Gasteiger partial charge in [0.2, 0.25) is 5.78 Å². The lowest BCUT2D eigenvalue weighted by molar-refractivity contribution is 0.0677. The van der Waals surface area contributed by atoms with Crippen molar-refractivity contribution in [1.29, 1.82) is 0 Å². The van der Waals surface area contributed by atoms with Crippen molar-refractivity contribution >= 4 is 5.78 Å². The van der Waals surface area contributed by atoms with Crippen LogP contribution in [0.1, 0.15) is 15.9 Å². The second kappa shape index (κ2) is 3.60. The number of carbonyl (C=O) groups excluding carboxylic acids is 1. The second-order valence-corrected chi connectivity index (χ2v) is 2.58. The van der Waals surface area contributed by atoms with Crippen LogP contribution in [0.3, 0.4) is 0 Å². The third-order valence-corrected chi connectivity index (χ3v) is 1.73. The van der Waals surface area contributed by atoms with E-state index in [1.54, 1.807) is 0 Å². The summed E-state index contributed by atoms with van der Waals surface area (Å²) in [5, 5.41) is 0. The highest BCUT2D eigenvalue weighted by Gasteiger charge is 2.20. The zero-order valence-electron chi connectivity index (χ0n) is 6.85. The van der Waals surface area contributed by atoms with E-state index in [0.29, 0.717) is 0 Å². The van der Waals surface area contributed by atoms with Crippen molar-refractivity contribution in [2.24, 2.45) is 0 Å². The minimum absolute atomic E-state index is 0.0344. The van der Waals surface area contributed by atoms with Gasteiger partial charge in [-0.1, -0.05) is 12.1 Å². The molecular weight excluding hydrogens is 181 g/mol.